The number of rotatable bonds is 7. The minimum Gasteiger partial charge on any atom is -0.352 e. The highest BCUT2D eigenvalue weighted by Crippen LogP contribution is 2.35. The van der Waals surface area contributed by atoms with Crippen molar-refractivity contribution < 1.29 is 4.79 Å². The van der Waals surface area contributed by atoms with E-state index in [1.165, 1.54) is 11.1 Å². The number of hydrogen-bond donors (Lipinski definition) is 1. The van der Waals surface area contributed by atoms with Gasteiger partial charge in [-0.05, 0) is 11.1 Å². The van der Waals surface area contributed by atoms with E-state index in [1.807, 2.05) is 36.4 Å². The summed E-state index contributed by atoms with van der Waals surface area (Å²) in [4.78, 5) is 11.8. The lowest BCUT2D eigenvalue weighted by atomic mass is 10.0. The second-order valence-electron chi connectivity index (χ2n) is 4.61. The first kappa shape index (κ1) is 15.4. The lowest BCUT2D eigenvalue weighted by Gasteiger charge is -2.17. The van der Waals surface area contributed by atoms with Crippen LogP contribution in [-0.2, 0) is 4.79 Å². The van der Waals surface area contributed by atoms with E-state index >= 15 is 0 Å². The minimum atomic E-state index is 0.0387. The van der Waals surface area contributed by atoms with Gasteiger partial charge in [-0.3, -0.25) is 4.79 Å². The fourth-order valence-corrected chi connectivity index (χ4v) is 3.16. The second kappa shape index (κ2) is 8.32. The lowest BCUT2D eigenvalue weighted by molar-refractivity contribution is -0.118. The van der Waals surface area contributed by atoms with E-state index in [2.05, 4.69) is 36.2 Å². The lowest BCUT2D eigenvalue weighted by Crippen LogP contribution is -2.25. The summed E-state index contributed by atoms with van der Waals surface area (Å²) in [5.41, 5.74) is 2.43. The summed E-state index contributed by atoms with van der Waals surface area (Å²) in [6.45, 7) is 4.12. The predicted molar refractivity (Wildman–Crippen MR) is 90.4 cm³/mol. The highest BCUT2D eigenvalue weighted by atomic mass is 32.2. The van der Waals surface area contributed by atoms with Crippen LogP contribution in [0.4, 0.5) is 0 Å². The van der Waals surface area contributed by atoms with Crippen molar-refractivity contribution in [3.8, 4) is 0 Å². The zero-order chi connectivity index (χ0) is 14.9. The number of amides is 1. The van der Waals surface area contributed by atoms with Crippen LogP contribution in [0.3, 0.4) is 0 Å². The van der Waals surface area contributed by atoms with Gasteiger partial charge in [-0.1, -0.05) is 66.7 Å². The molecule has 2 aromatic rings. The van der Waals surface area contributed by atoms with E-state index in [9.17, 15) is 4.79 Å². The number of carbonyl (C=O) groups is 1. The molecule has 0 saturated carbocycles. The summed E-state index contributed by atoms with van der Waals surface area (Å²) in [5.74, 6) is 0.472. The Morgan fingerprint density at radius 2 is 1.57 bits per heavy atom. The van der Waals surface area contributed by atoms with E-state index in [0.717, 1.165) is 0 Å². The van der Waals surface area contributed by atoms with Crippen LogP contribution >= 0.6 is 11.8 Å². The van der Waals surface area contributed by atoms with Crippen molar-refractivity contribution >= 4 is 17.7 Å². The third kappa shape index (κ3) is 4.80. The van der Waals surface area contributed by atoms with Crippen molar-refractivity contribution in [3.05, 3.63) is 84.4 Å². The van der Waals surface area contributed by atoms with Gasteiger partial charge in [0.15, 0.2) is 0 Å². The molecule has 0 spiro atoms. The molecule has 2 rings (SSSR count). The summed E-state index contributed by atoms with van der Waals surface area (Å²) in [6, 6.07) is 20.6. The first-order valence-corrected chi connectivity index (χ1v) is 7.95. The van der Waals surface area contributed by atoms with Gasteiger partial charge in [-0.15, -0.1) is 18.3 Å². The van der Waals surface area contributed by atoms with Crippen LogP contribution in [0, 0.1) is 0 Å². The maximum atomic E-state index is 11.8. The van der Waals surface area contributed by atoms with Crippen molar-refractivity contribution in [2.75, 3.05) is 12.3 Å². The maximum absolute atomic E-state index is 11.8. The highest BCUT2D eigenvalue weighted by molar-refractivity contribution is 8.00. The second-order valence-corrected chi connectivity index (χ2v) is 5.70. The average Bonchev–Trinajstić information content (AvgIpc) is 2.55. The van der Waals surface area contributed by atoms with E-state index in [-0.39, 0.29) is 11.2 Å². The molecule has 1 N–H and O–H groups in total. The topological polar surface area (TPSA) is 29.1 Å². The van der Waals surface area contributed by atoms with E-state index in [1.54, 1.807) is 17.8 Å². The third-order valence-corrected chi connectivity index (χ3v) is 4.34. The zero-order valence-corrected chi connectivity index (χ0v) is 12.7. The van der Waals surface area contributed by atoms with Gasteiger partial charge in [-0.25, -0.2) is 0 Å². The van der Waals surface area contributed by atoms with Gasteiger partial charge in [0.05, 0.1) is 11.0 Å². The SMILES string of the molecule is C=CCNC(=O)CSC(c1ccccc1)c1ccccc1. The Hall–Kier alpha value is -2.00. The van der Waals surface area contributed by atoms with Crippen molar-refractivity contribution in [1.82, 2.24) is 5.32 Å². The summed E-state index contributed by atoms with van der Waals surface area (Å²) < 4.78 is 0. The van der Waals surface area contributed by atoms with Crippen LogP contribution in [0.25, 0.3) is 0 Å². The Bertz CT molecular complexity index is 529. The van der Waals surface area contributed by atoms with Crippen LogP contribution in [0.1, 0.15) is 16.4 Å². The molecule has 3 heteroatoms. The maximum Gasteiger partial charge on any atom is 0.230 e. The molecule has 21 heavy (non-hydrogen) atoms. The Morgan fingerprint density at radius 1 is 1.05 bits per heavy atom. The molecule has 1 amide bonds. The molecule has 0 heterocycles. The fraction of sp³-hybridized carbons (Fsp3) is 0.167. The Balaban J connectivity index is 2.10. The minimum absolute atomic E-state index is 0.0387. The molecular weight excluding hydrogens is 278 g/mol. The molecular formula is C18H19NOS. The molecule has 0 radical (unpaired) electrons. The highest BCUT2D eigenvalue weighted by Gasteiger charge is 2.15. The van der Waals surface area contributed by atoms with Crippen LogP contribution in [0.15, 0.2) is 73.3 Å². The molecule has 0 fully saturated rings. The summed E-state index contributed by atoms with van der Waals surface area (Å²) >= 11 is 1.64. The first-order chi connectivity index (χ1) is 10.3. The van der Waals surface area contributed by atoms with Crippen LogP contribution < -0.4 is 5.32 Å². The van der Waals surface area contributed by atoms with Gasteiger partial charge in [-0.2, -0.15) is 0 Å². The number of nitrogens with one attached hydrogen (secondary N) is 1. The molecule has 0 aromatic heterocycles. The van der Waals surface area contributed by atoms with Gasteiger partial charge in [0.2, 0.25) is 5.91 Å². The fourth-order valence-electron chi connectivity index (χ4n) is 2.04. The van der Waals surface area contributed by atoms with Gasteiger partial charge in [0, 0.05) is 6.54 Å². The van der Waals surface area contributed by atoms with E-state index < -0.39 is 0 Å². The smallest absolute Gasteiger partial charge is 0.230 e. The molecule has 0 aliphatic rings. The van der Waals surface area contributed by atoms with Gasteiger partial charge >= 0.3 is 0 Å². The molecule has 0 atom stereocenters. The number of hydrogen-bond acceptors (Lipinski definition) is 2. The summed E-state index contributed by atoms with van der Waals surface area (Å²) in [7, 11) is 0. The van der Waals surface area contributed by atoms with Crippen molar-refractivity contribution in [1.29, 1.82) is 0 Å². The number of thioether (sulfide) groups is 1. The molecule has 0 saturated heterocycles. The number of benzene rings is 2. The van der Waals surface area contributed by atoms with Crippen LogP contribution in [0.5, 0.6) is 0 Å². The average molecular weight is 297 g/mol. The Kier molecular flexibility index (Phi) is 6.10. The van der Waals surface area contributed by atoms with Crippen LogP contribution in [-0.4, -0.2) is 18.2 Å². The van der Waals surface area contributed by atoms with Crippen LogP contribution in [0.2, 0.25) is 0 Å². The molecule has 0 unspecified atom stereocenters. The zero-order valence-electron chi connectivity index (χ0n) is 11.9. The van der Waals surface area contributed by atoms with Gasteiger partial charge in [0.1, 0.15) is 0 Å². The number of carbonyl (C=O) groups excluding carboxylic acids is 1. The predicted octanol–water partition coefficient (Wildman–Crippen LogP) is 3.81. The van der Waals surface area contributed by atoms with Crippen molar-refractivity contribution in [3.63, 3.8) is 0 Å². The van der Waals surface area contributed by atoms with Gasteiger partial charge < -0.3 is 5.32 Å². The third-order valence-electron chi connectivity index (χ3n) is 3.03. The van der Waals surface area contributed by atoms with E-state index in [0.29, 0.717) is 12.3 Å². The van der Waals surface area contributed by atoms with Crippen molar-refractivity contribution in [2.45, 2.75) is 5.25 Å². The molecule has 2 nitrogen and oxygen atoms in total. The summed E-state index contributed by atoms with van der Waals surface area (Å²) in [6.07, 6.45) is 1.69. The Labute approximate surface area is 130 Å². The monoisotopic (exact) mass is 297 g/mol. The summed E-state index contributed by atoms with van der Waals surface area (Å²) in [5, 5.41) is 2.98. The molecule has 0 aliphatic heterocycles. The molecule has 0 aliphatic carbocycles. The molecule has 2 aromatic carbocycles. The van der Waals surface area contributed by atoms with E-state index in [4.69, 9.17) is 0 Å². The Morgan fingerprint density at radius 3 is 2.05 bits per heavy atom. The first-order valence-electron chi connectivity index (χ1n) is 6.90. The van der Waals surface area contributed by atoms with Gasteiger partial charge in [0.25, 0.3) is 0 Å². The quantitative estimate of drug-likeness (QED) is 0.787. The van der Waals surface area contributed by atoms with Crippen molar-refractivity contribution in [2.24, 2.45) is 0 Å². The molecule has 108 valence electrons. The molecule has 0 bridgehead atoms. The normalized spacial score (nSPS) is 10.3. The largest absolute Gasteiger partial charge is 0.352 e. The standard InChI is InChI=1S/C18H19NOS/c1-2-13-19-17(20)14-21-18(15-9-5-3-6-10-15)16-11-7-4-8-12-16/h2-12,18H,1,13-14H2,(H,19,20).